The molecule has 0 bridgehead atoms. The van der Waals surface area contributed by atoms with Crippen LogP contribution < -0.4 is 5.32 Å². The lowest BCUT2D eigenvalue weighted by Crippen LogP contribution is -2.31. The molecule has 0 heterocycles. The van der Waals surface area contributed by atoms with Crippen LogP contribution in [0.4, 0.5) is 0 Å². The van der Waals surface area contributed by atoms with E-state index in [0.717, 1.165) is 5.56 Å². The topological polar surface area (TPSA) is 75.6 Å². The summed E-state index contributed by atoms with van der Waals surface area (Å²) in [6.07, 6.45) is 0. The van der Waals surface area contributed by atoms with Gasteiger partial charge < -0.3 is 15.2 Å². The van der Waals surface area contributed by atoms with Crippen molar-refractivity contribution >= 4 is 23.5 Å². The van der Waals surface area contributed by atoms with Crippen LogP contribution in [-0.4, -0.2) is 30.2 Å². The molecule has 0 radical (unpaired) electrons. The van der Waals surface area contributed by atoms with Crippen molar-refractivity contribution in [2.45, 2.75) is 13.0 Å². The molecule has 0 saturated carbocycles. The largest absolute Gasteiger partial charge is 0.480 e. The predicted molar refractivity (Wildman–Crippen MR) is 66.5 cm³/mol. The van der Waals surface area contributed by atoms with Crippen LogP contribution in [-0.2, 0) is 14.3 Å². The first-order valence-corrected chi connectivity index (χ1v) is 5.72. The molecule has 2 N–H and O–H groups in total. The summed E-state index contributed by atoms with van der Waals surface area (Å²) in [5.74, 6) is -1.49. The van der Waals surface area contributed by atoms with Crippen molar-refractivity contribution in [3.63, 3.8) is 0 Å². The Bertz CT molecular complexity index is 436. The number of carboxylic acids is 1. The van der Waals surface area contributed by atoms with Gasteiger partial charge in [-0.1, -0.05) is 29.8 Å². The van der Waals surface area contributed by atoms with E-state index in [1.165, 1.54) is 0 Å². The molecule has 0 spiro atoms. The van der Waals surface area contributed by atoms with E-state index in [0.29, 0.717) is 5.02 Å². The van der Waals surface area contributed by atoms with Crippen molar-refractivity contribution in [1.82, 2.24) is 5.32 Å². The Morgan fingerprint density at radius 2 is 2.06 bits per heavy atom. The zero-order valence-corrected chi connectivity index (χ0v) is 10.6. The van der Waals surface area contributed by atoms with Gasteiger partial charge in [0.25, 0.3) is 0 Å². The molecule has 0 fully saturated rings. The van der Waals surface area contributed by atoms with Gasteiger partial charge in [-0.25, -0.2) is 4.79 Å². The van der Waals surface area contributed by atoms with Gasteiger partial charge in [-0.05, 0) is 18.6 Å². The number of benzene rings is 1. The lowest BCUT2D eigenvalue weighted by molar-refractivity contribution is -0.143. The van der Waals surface area contributed by atoms with Gasteiger partial charge >= 0.3 is 5.97 Å². The molecule has 0 aliphatic carbocycles. The number of carbonyl (C=O) groups is 2. The summed E-state index contributed by atoms with van der Waals surface area (Å²) < 4.78 is 4.68. The lowest BCUT2D eigenvalue weighted by atomic mass is 10.1. The first-order chi connectivity index (χ1) is 8.50. The van der Waals surface area contributed by atoms with E-state index in [1.54, 1.807) is 19.1 Å². The fourth-order valence-electron chi connectivity index (χ4n) is 1.42. The molecule has 0 saturated heterocycles. The van der Waals surface area contributed by atoms with Crippen LogP contribution in [0.5, 0.6) is 0 Å². The van der Waals surface area contributed by atoms with Crippen LogP contribution in [0.2, 0.25) is 5.02 Å². The fourth-order valence-corrected chi connectivity index (χ4v) is 1.72. The number of carbonyl (C=O) groups excluding carboxylic acids is 1. The molecule has 1 aromatic rings. The summed E-state index contributed by atoms with van der Waals surface area (Å²) >= 11 is 5.99. The lowest BCUT2D eigenvalue weighted by Gasteiger charge is -2.15. The minimum atomic E-state index is -1.11. The Morgan fingerprint density at radius 1 is 1.39 bits per heavy atom. The third-order valence-corrected chi connectivity index (χ3v) is 2.55. The van der Waals surface area contributed by atoms with E-state index in [4.69, 9.17) is 16.7 Å². The Balaban J connectivity index is 2.45. The highest BCUT2D eigenvalue weighted by molar-refractivity contribution is 6.31. The fraction of sp³-hybridized carbons (Fsp3) is 0.333. The summed E-state index contributed by atoms with van der Waals surface area (Å²) in [6, 6.07) is 6.91. The van der Waals surface area contributed by atoms with Crippen molar-refractivity contribution in [1.29, 1.82) is 0 Å². The van der Waals surface area contributed by atoms with Crippen LogP contribution in [0.25, 0.3) is 0 Å². The Morgan fingerprint density at radius 3 is 2.67 bits per heavy atom. The van der Waals surface area contributed by atoms with Crippen LogP contribution in [0.1, 0.15) is 18.5 Å². The maximum Gasteiger partial charge on any atom is 0.329 e. The minimum Gasteiger partial charge on any atom is -0.480 e. The van der Waals surface area contributed by atoms with Gasteiger partial charge in [0, 0.05) is 5.02 Å². The predicted octanol–water partition coefficient (Wildman–Crippen LogP) is 1.62. The number of hydrogen-bond acceptors (Lipinski definition) is 3. The second-order valence-electron chi connectivity index (χ2n) is 3.70. The van der Waals surface area contributed by atoms with E-state index >= 15 is 0 Å². The number of hydrogen-bond donors (Lipinski definition) is 2. The molecule has 98 valence electrons. The van der Waals surface area contributed by atoms with Gasteiger partial charge in [0.05, 0.1) is 6.04 Å². The third kappa shape index (κ3) is 4.73. The Hall–Kier alpha value is -1.59. The average molecular weight is 272 g/mol. The maximum atomic E-state index is 11.4. The van der Waals surface area contributed by atoms with E-state index < -0.39 is 12.6 Å². The van der Waals surface area contributed by atoms with E-state index in [9.17, 15) is 9.59 Å². The standard InChI is InChI=1S/C12H14ClNO4/c1-8(9-4-2-3-5-10(9)13)14-11(15)6-18-7-12(16)17/h2-5,8H,6-7H2,1H3,(H,14,15)(H,16,17). The number of carboxylic acid groups (broad SMARTS) is 1. The highest BCUT2D eigenvalue weighted by Gasteiger charge is 2.12. The molecule has 1 amide bonds. The normalized spacial score (nSPS) is 11.9. The van der Waals surface area contributed by atoms with Crippen molar-refractivity contribution in [2.75, 3.05) is 13.2 Å². The first-order valence-electron chi connectivity index (χ1n) is 5.34. The summed E-state index contributed by atoms with van der Waals surface area (Å²) in [6.45, 7) is 1.01. The second kappa shape index (κ2) is 6.98. The number of amides is 1. The van der Waals surface area contributed by atoms with Crippen molar-refractivity contribution in [3.05, 3.63) is 34.9 Å². The van der Waals surface area contributed by atoms with Crippen LogP contribution in [0.15, 0.2) is 24.3 Å². The number of ether oxygens (including phenoxy) is 1. The minimum absolute atomic E-state index is 0.264. The maximum absolute atomic E-state index is 11.4. The molecule has 1 aromatic carbocycles. The summed E-state index contributed by atoms with van der Waals surface area (Å²) in [7, 11) is 0. The molecular weight excluding hydrogens is 258 g/mol. The molecule has 0 aliphatic heterocycles. The molecule has 1 rings (SSSR count). The molecule has 6 heteroatoms. The van der Waals surface area contributed by atoms with Crippen molar-refractivity contribution in [3.8, 4) is 0 Å². The zero-order valence-electron chi connectivity index (χ0n) is 9.85. The molecule has 1 atom stereocenters. The molecular formula is C12H14ClNO4. The number of halogens is 1. The quantitative estimate of drug-likeness (QED) is 0.824. The zero-order chi connectivity index (χ0) is 13.5. The van der Waals surface area contributed by atoms with E-state index in [2.05, 4.69) is 10.1 Å². The van der Waals surface area contributed by atoms with Gasteiger partial charge in [0.1, 0.15) is 13.2 Å². The van der Waals surface area contributed by atoms with Crippen LogP contribution >= 0.6 is 11.6 Å². The highest BCUT2D eigenvalue weighted by Crippen LogP contribution is 2.21. The van der Waals surface area contributed by atoms with Gasteiger partial charge in [-0.2, -0.15) is 0 Å². The number of rotatable bonds is 6. The van der Waals surface area contributed by atoms with Gasteiger partial charge in [0.2, 0.25) is 5.91 Å². The van der Waals surface area contributed by atoms with Crippen LogP contribution in [0, 0.1) is 0 Å². The van der Waals surface area contributed by atoms with E-state index in [1.807, 2.05) is 12.1 Å². The van der Waals surface area contributed by atoms with Crippen molar-refractivity contribution < 1.29 is 19.4 Å². The third-order valence-electron chi connectivity index (χ3n) is 2.21. The SMILES string of the molecule is CC(NC(=O)COCC(=O)O)c1ccccc1Cl. The second-order valence-corrected chi connectivity index (χ2v) is 4.10. The number of nitrogens with one attached hydrogen (secondary N) is 1. The van der Waals surface area contributed by atoms with E-state index in [-0.39, 0.29) is 18.6 Å². The summed E-state index contributed by atoms with van der Waals surface area (Å²) in [4.78, 5) is 21.6. The molecule has 1 unspecified atom stereocenters. The molecule has 18 heavy (non-hydrogen) atoms. The molecule has 0 aromatic heterocycles. The Kier molecular flexibility index (Phi) is 5.61. The van der Waals surface area contributed by atoms with Crippen LogP contribution in [0.3, 0.4) is 0 Å². The van der Waals surface area contributed by atoms with Gasteiger partial charge in [-0.15, -0.1) is 0 Å². The Labute approximate surface area is 110 Å². The smallest absolute Gasteiger partial charge is 0.329 e. The first kappa shape index (κ1) is 14.5. The molecule has 0 aliphatic rings. The monoisotopic (exact) mass is 271 g/mol. The van der Waals surface area contributed by atoms with Crippen molar-refractivity contribution in [2.24, 2.45) is 0 Å². The molecule has 5 nitrogen and oxygen atoms in total. The highest BCUT2D eigenvalue weighted by atomic mass is 35.5. The van der Waals surface area contributed by atoms with Gasteiger partial charge in [-0.3, -0.25) is 4.79 Å². The van der Waals surface area contributed by atoms with Gasteiger partial charge in [0.15, 0.2) is 0 Å². The summed E-state index contributed by atoms with van der Waals surface area (Å²) in [5, 5.41) is 11.6. The average Bonchev–Trinajstić information content (AvgIpc) is 2.28. The number of aliphatic carboxylic acids is 1. The summed E-state index contributed by atoms with van der Waals surface area (Å²) in [5.41, 5.74) is 0.797.